The zero-order chi connectivity index (χ0) is 10.1. The first-order valence-electron chi connectivity index (χ1n) is 4.48. The maximum absolute atomic E-state index is 13.3. The Morgan fingerprint density at radius 1 is 1.50 bits per heavy atom. The lowest BCUT2D eigenvalue weighted by Crippen LogP contribution is -2.17. The highest BCUT2D eigenvalue weighted by atomic mass is 19.1. The Balaban J connectivity index is 2.59. The van der Waals surface area contributed by atoms with E-state index in [-0.39, 0.29) is 11.4 Å². The van der Waals surface area contributed by atoms with Crippen LogP contribution in [0.2, 0.25) is 0 Å². The van der Waals surface area contributed by atoms with Gasteiger partial charge in [0, 0.05) is 12.1 Å². The van der Waals surface area contributed by atoms with Gasteiger partial charge in [-0.05, 0) is 25.0 Å². The Labute approximate surface area is 80.6 Å². The van der Waals surface area contributed by atoms with Gasteiger partial charge in [0.25, 0.3) is 0 Å². The zero-order valence-corrected chi connectivity index (χ0v) is 7.51. The molecule has 0 radical (unpaired) electrons. The van der Waals surface area contributed by atoms with E-state index in [1.807, 2.05) is 0 Å². The number of aromatic carboxylic acids is 1. The Kier molecular flexibility index (Phi) is 2.11. The molecule has 0 aliphatic carbocycles. The van der Waals surface area contributed by atoms with Crippen LogP contribution in [0.4, 0.5) is 10.1 Å². The summed E-state index contributed by atoms with van der Waals surface area (Å²) >= 11 is 0. The maximum atomic E-state index is 13.3. The number of hydrogen-bond acceptors (Lipinski definition) is 2. The van der Waals surface area contributed by atoms with Crippen molar-refractivity contribution < 1.29 is 14.3 Å². The van der Waals surface area contributed by atoms with Gasteiger partial charge in [0.15, 0.2) is 0 Å². The number of fused-ring (bicyclic) bond motifs is 1. The first kappa shape index (κ1) is 8.99. The molecule has 1 aromatic carbocycles. The zero-order valence-electron chi connectivity index (χ0n) is 7.51. The number of nitrogens with one attached hydrogen (secondary N) is 1. The van der Waals surface area contributed by atoms with Gasteiger partial charge >= 0.3 is 5.97 Å². The summed E-state index contributed by atoms with van der Waals surface area (Å²) in [4.78, 5) is 10.8. The second-order valence-corrected chi connectivity index (χ2v) is 3.28. The molecule has 0 amide bonds. The van der Waals surface area contributed by atoms with Crippen LogP contribution in [0.25, 0.3) is 0 Å². The van der Waals surface area contributed by atoms with Gasteiger partial charge in [-0.25, -0.2) is 9.18 Å². The molecule has 74 valence electrons. The summed E-state index contributed by atoms with van der Waals surface area (Å²) in [7, 11) is 0. The second kappa shape index (κ2) is 3.29. The Bertz CT molecular complexity index is 390. The molecule has 0 fully saturated rings. The molecule has 1 aliphatic heterocycles. The van der Waals surface area contributed by atoms with Crippen molar-refractivity contribution in [2.24, 2.45) is 0 Å². The largest absolute Gasteiger partial charge is 0.478 e. The van der Waals surface area contributed by atoms with Gasteiger partial charge in [-0.15, -0.1) is 0 Å². The van der Waals surface area contributed by atoms with Crippen LogP contribution in [0.1, 0.15) is 22.3 Å². The summed E-state index contributed by atoms with van der Waals surface area (Å²) in [5.41, 5.74) is 1.10. The standard InChI is InChI=1S/C10H10FNO2/c11-8-4-3-7(10(13)14)9-6(8)2-1-5-12-9/h3-4,12H,1-2,5H2,(H,13,14). The lowest BCUT2D eigenvalue weighted by Gasteiger charge is -2.20. The molecule has 0 saturated heterocycles. The smallest absolute Gasteiger partial charge is 0.337 e. The number of halogens is 1. The van der Waals surface area contributed by atoms with Crippen LogP contribution in [-0.2, 0) is 6.42 Å². The summed E-state index contributed by atoms with van der Waals surface area (Å²) in [6, 6.07) is 2.52. The summed E-state index contributed by atoms with van der Waals surface area (Å²) in [5.74, 6) is -1.34. The van der Waals surface area contributed by atoms with E-state index in [4.69, 9.17) is 5.11 Å². The van der Waals surface area contributed by atoms with Crippen molar-refractivity contribution >= 4 is 11.7 Å². The number of anilines is 1. The molecule has 4 heteroatoms. The Morgan fingerprint density at radius 2 is 2.29 bits per heavy atom. The molecule has 0 aromatic heterocycles. The number of carboxylic acid groups (broad SMARTS) is 1. The monoisotopic (exact) mass is 195 g/mol. The van der Waals surface area contributed by atoms with Gasteiger partial charge in [0.1, 0.15) is 5.82 Å². The average molecular weight is 195 g/mol. The predicted molar refractivity (Wildman–Crippen MR) is 50.2 cm³/mol. The van der Waals surface area contributed by atoms with Gasteiger partial charge in [-0.3, -0.25) is 0 Å². The molecule has 0 spiro atoms. The van der Waals surface area contributed by atoms with Crippen LogP contribution in [0.5, 0.6) is 0 Å². The molecular weight excluding hydrogens is 185 g/mol. The second-order valence-electron chi connectivity index (χ2n) is 3.28. The molecule has 0 saturated carbocycles. The summed E-state index contributed by atoms with van der Waals surface area (Å²) in [6.45, 7) is 0.705. The highest BCUT2D eigenvalue weighted by molar-refractivity contribution is 5.95. The van der Waals surface area contributed by atoms with Gasteiger partial charge in [-0.1, -0.05) is 0 Å². The number of carbonyl (C=O) groups is 1. The van der Waals surface area contributed by atoms with Crippen molar-refractivity contribution in [3.63, 3.8) is 0 Å². The fraction of sp³-hybridized carbons (Fsp3) is 0.300. The number of benzene rings is 1. The molecular formula is C10H10FNO2. The quantitative estimate of drug-likeness (QED) is 0.719. The van der Waals surface area contributed by atoms with Crippen molar-refractivity contribution in [2.45, 2.75) is 12.8 Å². The molecule has 1 heterocycles. The molecule has 14 heavy (non-hydrogen) atoms. The topological polar surface area (TPSA) is 49.3 Å². The average Bonchev–Trinajstić information content (AvgIpc) is 2.18. The van der Waals surface area contributed by atoms with Crippen LogP contribution in [0.3, 0.4) is 0 Å². The number of hydrogen-bond donors (Lipinski definition) is 2. The van der Waals surface area contributed by atoms with E-state index >= 15 is 0 Å². The first-order chi connectivity index (χ1) is 6.70. The minimum absolute atomic E-state index is 0.154. The molecule has 0 bridgehead atoms. The van der Waals surface area contributed by atoms with Gasteiger partial charge in [0.2, 0.25) is 0 Å². The van der Waals surface area contributed by atoms with E-state index in [9.17, 15) is 9.18 Å². The van der Waals surface area contributed by atoms with Crippen molar-refractivity contribution in [1.29, 1.82) is 0 Å². The van der Waals surface area contributed by atoms with E-state index in [1.54, 1.807) is 0 Å². The normalized spacial score (nSPS) is 14.4. The molecule has 3 nitrogen and oxygen atoms in total. The Morgan fingerprint density at radius 3 is 3.00 bits per heavy atom. The fourth-order valence-corrected chi connectivity index (χ4v) is 1.73. The molecule has 2 N–H and O–H groups in total. The summed E-state index contributed by atoms with van der Waals surface area (Å²) < 4.78 is 13.3. The Hall–Kier alpha value is -1.58. The first-order valence-corrected chi connectivity index (χ1v) is 4.48. The van der Waals surface area contributed by atoms with Crippen LogP contribution >= 0.6 is 0 Å². The van der Waals surface area contributed by atoms with Gasteiger partial charge in [-0.2, -0.15) is 0 Å². The van der Waals surface area contributed by atoms with Crippen molar-refractivity contribution in [3.05, 3.63) is 29.1 Å². The van der Waals surface area contributed by atoms with Crippen LogP contribution in [-0.4, -0.2) is 17.6 Å². The molecule has 0 unspecified atom stereocenters. The lowest BCUT2D eigenvalue weighted by molar-refractivity contribution is 0.0697. The summed E-state index contributed by atoms with van der Waals surface area (Å²) in [6.07, 6.45) is 1.45. The number of carboxylic acids is 1. The van der Waals surface area contributed by atoms with Crippen LogP contribution in [0.15, 0.2) is 12.1 Å². The third-order valence-corrected chi connectivity index (χ3v) is 2.39. The maximum Gasteiger partial charge on any atom is 0.337 e. The van der Waals surface area contributed by atoms with E-state index in [0.717, 1.165) is 6.42 Å². The van der Waals surface area contributed by atoms with E-state index < -0.39 is 5.97 Å². The highest BCUT2D eigenvalue weighted by Crippen LogP contribution is 2.28. The van der Waals surface area contributed by atoms with Crippen molar-refractivity contribution in [2.75, 3.05) is 11.9 Å². The van der Waals surface area contributed by atoms with Crippen molar-refractivity contribution in [3.8, 4) is 0 Å². The predicted octanol–water partition coefficient (Wildman–Crippen LogP) is 1.88. The van der Waals surface area contributed by atoms with Crippen LogP contribution in [0, 0.1) is 5.82 Å². The highest BCUT2D eigenvalue weighted by Gasteiger charge is 2.19. The van der Waals surface area contributed by atoms with Gasteiger partial charge in [0.05, 0.1) is 11.3 Å². The van der Waals surface area contributed by atoms with E-state index in [1.165, 1.54) is 12.1 Å². The van der Waals surface area contributed by atoms with Crippen LogP contribution < -0.4 is 5.32 Å². The number of rotatable bonds is 1. The van der Waals surface area contributed by atoms with E-state index in [0.29, 0.717) is 24.2 Å². The van der Waals surface area contributed by atoms with Gasteiger partial charge < -0.3 is 10.4 Å². The fourth-order valence-electron chi connectivity index (χ4n) is 1.73. The molecule has 0 atom stereocenters. The summed E-state index contributed by atoms with van der Waals surface area (Å²) in [5, 5.41) is 11.8. The SMILES string of the molecule is O=C(O)c1ccc(F)c2c1NCCC2. The van der Waals surface area contributed by atoms with Crippen molar-refractivity contribution in [1.82, 2.24) is 0 Å². The third-order valence-electron chi connectivity index (χ3n) is 2.39. The minimum atomic E-state index is -1.02. The minimum Gasteiger partial charge on any atom is -0.478 e. The molecule has 1 aliphatic rings. The molecule has 2 rings (SSSR count). The van der Waals surface area contributed by atoms with E-state index in [2.05, 4.69) is 5.32 Å². The molecule has 1 aromatic rings. The lowest BCUT2D eigenvalue weighted by atomic mass is 9.99. The third kappa shape index (κ3) is 1.32.